The molecule has 4 N–H and O–H groups in total. The highest BCUT2D eigenvalue weighted by Crippen LogP contribution is 2.24. The van der Waals surface area contributed by atoms with Gasteiger partial charge in [-0.3, -0.25) is 4.79 Å². The van der Waals surface area contributed by atoms with Gasteiger partial charge in [0.1, 0.15) is 11.4 Å². The number of benzene rings is 1. The third kappa shape index (κ3) is 3.16. The summed E-state index contributed by atoms with van der Waals surface area (Å²) < 4.78 is 5.59. The van der Waals surface area contributed by atoms with Crippen LogP contribution in [0.1, 0.15) is 31.1 Å². The van der Waals surface area contributed by atoms with Gasteiger partial charge in [0.2, 0.25) is 0 Å². The van der Waals surface area contributed by atoms with Crippen LogP contribution in [0.15, 0.2) is 18.2 Å². The van der Waals surface area contributed by atoms with Crippen molar-refractivity contribution in [1.82, 2.24) is 0 Å². The standard InChI is InChI=1S/C11H16N2O2/c1-11(2,3)15-9-5-4-7(12)6-8(9)10(13)14/h4-6H,12H2,1-3H3,(H2,13,14). The summed E-state index contributed by atoms with van der Waals surface area (Å²) in [6.45, 7) is 5.69. The van der Waals surface area contributed by atoms with E-state index in [2.05, 4.69) is 0 Å². The predicted molar refractivity (Wildman–Crippen MR) is 59.8 cm³/mol. The molecule has 0 saturated carbocycles. The molecule has 4 nitrogen and oxygen atoms in total. The lowest BCUT2D eigenvalue weighted by atomic mass is 10.1. The van der Waals surface area contributed by atoms with Gasteiger partial charge in [-0.1, -0.05) is 0 Å². The predicted octanol–water partition coefficient (Wildman–Crippen LogP) is 1.54. The number of carbonyl (C=O) groups is 1. The van der Waals surface area contributed by atoms with E-state index in [1.165, 1.54) is 6.07 Å². The zero-order valence-corrected chi connectivity index (χ0v) is 9.20. The molecule has 0 heterocycles. The topological polar surface area (TPSA) is 78.3 Å². The normalized spacial score (nSPS) is 11.1. The number of nitrogens with two attached hydrogens (primary N) is 2. The van der Waals surface area contributed by atoms with Gasteiger partial charge < -0.3 is 16.2 Å². The van der Waals surface area contributed by atoms with Crippen LogP contribution < -0.4 is 16.2 Å². The van der Waals surface area contributed by atoms with Crippen LogP contribution >= 0.6 is 0 Å². The lowest BCUT2D eigenvalue weighted by molar-refractivity contribution is 0.0978. The second-order valence-corrected chi connectivity index (χ2v) is 4.33. The summed E-state index contributed by atoms with van der Waals surface area (Å²) in [5.41, 5.74) is 11.2. The molecule has 0 aromatic heterocycles. The van der Waals surface area contributed by atoms with E-state index in [9.17, 15) is 4.79 Å². The number of anilines is 1. The van der Waals surface area contributed by atoms with Crippen LogP contribution in [-0.4, -0.2) is 11.5 Å². The molecule has 0 aliphatic heterocycles. The lowest BCUT2D eigenvalue weighted by Gasteiger charge is -2.22. The van der Waals surface area contributed by atoms with Crippen LogP contribution in [0.25, 0.3) is 0 Å². The summed E-state index contributed by atoms with van der Waals surface area (Å²) in [4.78, 5) is 11.1. The first-order chi connectivity index (χ1) is 6.79. The number of hydrogen-bond acceptors (Lipinski definition) is 3. The average molecular weight is 208 g/mol. The second-order valence-electron chi connectivity index (χ2n) is 4.33. The van der Waals surface area contributed by atoms with Crippen LogP contribution in [0.2, 0.25) is 0 Å². The minimum atomic E-state index is -0.540. The quantitative estimate of drug-likeness (QED) is 0.724. The van der Waals surface area contributed by atoms with Gasteiger partial charge in [0, 0.05) is 5.69 Å². The minimum Gasteiger partial charge on any atom is -0.487 e. The Morgan fingerprint density at radius 2 is 1.93 bits per heavy atom. The van der Waals surface area contributed by atoms with Crippen molar-refractivity contribution in [3.8, 4) is 5.75 Å². The van der Waals surface area contributed by atoms with Crippen molar-refractivity contribution in [3.63, 3.8) is 0 Å². The first-order valence-electron chi connectivity index (χ1n) is 4.68. The Hall–Kier alpha value is -1.71. The Morgan fingerprint density at radius 3 is 2.40 bits per heavy atom. The molecule has 0 spiro atoms. The molecule has 0 atom stereocenters. The summed E-state index contributed by atoms with van der Waals surface area (Å²) in [5, 5.41) is 0. The molecular formula is C11H16N2O2. The van der Waals surface area contributed by atoms with Crippen LogP contribution in [0.4, 0.5) is 5.69 Å². The van der Waals surface area contributed by atoms with E-state index < -0.39 is 5.91 Å². The number of carbonyl (C=O) groups excluding carboxylic acids is 1. The Bertz CT molecular complexity index is 381. The van der Waals surface area contributed by atoms with Gasteiger partial charge in [0.25, 0.3) is 5.91 Å². The van der Waals surface area contributed by atoms with Gasteiger partial charge in [-0.15, -0.1) is 0 Å². The van der Waals surface area contributed by atoms with Crippen molar-refractivity contribution in [2.45, 2.75) is 26.4 Å². The maximum absolute atomic E-state index is 11.1. The molecule has 0 fully saturated rings. The summed E-state index contributed by atoms with van der Waals surface area (Å²) >= 11 is 0. The Balaban J connectivity index is 3.12. The molecule has 1 rings (SSSR count). The number of ether oxygens (including phenoxy) is 1. The van der Waals surface area contributed by atoms with Crippen molar-refractivity contribution in [1.29, 1.82) is 0 Å². The zero-order chi connectivity index (χ0) is 11.6. The Labute approximate surface area is 89.2 Å². The van der Waals surface area contributed by atoms with Gasteiger partial charge in [-0.25, -0.2) is 0 Å². The second kappa shape index (κ2) is 3.81. The first kappa shape index (κ1) is 11.4. The van der Waals surface area contributed by atoms with Gasteiger partial charge in [0.15, 0.2) is 0 Å². The fourth-order valence-corrected chi connectivity index (χ4v) is 1.16. The van der Waals surface area contributed by atoms with E-state index in [4.69, 9.17) is 16.2 Å². The number of amides is 1. The minimum absolute atomic E-state index is 0.310. The summed E-state index contributed by atoms with van der Waals surface area (Å²) in [5.74, 6) is -0.0780. The van der Waals surface area contributed by atoms with Gasteiger partial charge in [0.05, 0.1) is 5.56 Å². The van der Waals surface area contributed by atoms with Crippen LogP contribution in [0.5, 0.6) is 5.75 Å². The maximum Gasteiger partial charge on any atom is 0.252 e. The fourth-order valence-electron chi connectivity index (χ4n) is 1.16. The van der Waals surface area contributed by atoms with E-state index in [0.717, 1.165) is 0 Å². The highest BCUT2D eigenvalue weighted by molar-refractivity contribution is 5.96. The van der Waals surface area contributed by atoms with E-state index in [1.807, 2.05) is 20.8 Å². The molecule has 82 valence electrons. The number of primary amides is 1. The number of nitrogen functional groups attached to an aromatic ring is 1. The van der Waals surface area contributed by atoms with Crippen molar-refractivity contribution < 1.29 is 9.53 Å². The molecule has 1 amide bonds. The van der Waals surface area contributed by atoms with Gasteiger partial charge in [-0.2, -0.15) is 0 Å². The van der Waals surface area contributed by atoms with Gasteiger partial charge in [-0.05, 0) is 39.0 Å². The third-order valence-electron chi connectivity index (χ3n) is 1.69. The summed E-state index contributed by atoms with van der Waals surface area (Å²) in [6.07, 6.45) is 0. The monoisotopic (exact) mass is 208 g/mol. The van der Waals surface area contributed by atoms with E-state index in [0.29, 0.717) is 17.0 Å². The smallest absolute Gasteiger partial charge is 0.252 e. The Kier molecular flexibility index (Phi) is 2.88. The first-order valence-corrected chi connectivity index (χ1v) is 4.68. The van der Waals surface area contributed by atoms with Crippen LogP contribution in [0, 0.1) is 0 Å². The lowest BCUT2D eigenvalue weighted by Crippen LogP contribution is -2.25. The summed E-state index contributed by atoms with van der Waals surface area (Å²) in [6, 6.07) is 4.84. The van der Waals surface area contributed by atoms with E-state index in [1.54, 1.807) is 12.1 Å². The molecule has 1 aromatic carbocycles. The van der Waals surface area contributed by atoms with Crippen molar-refractivity contribution in [3.05, 3.63) is 23.8 Å². The SMILES string of the molecule is CC(C)(C)Oc1ccc(N)cc1C(N)=O. The fraction of sp³-hybridized carbons (Fsp3) is 0.364. The molecular weight excluding hydrogens is 192 g/mol. The molecule has 4 heteroatoms. The molecule has 0 unspecified atom stereocenters. The number of rotatable bonds is 2. The molecule has 0 bridgehead atoms. The maximum atomic E-state index is 11.1. The summed E-state index contributed by atoms with van der Waals surface area (Å²) in [7, 11) is 0. The molecule has 0 radical (unpaired) electrons. The Morgan fingerprint density at radius 1 is 1.33 bits per heavy atom. The van der Waals surface area contributed by atoms with Crippen molar-refractivity contribution in [2.75, 3.05) is 5.73 Å². The zero-order valence-electron chi connectivity index (χ0n) is 9.20. The molecule has 1 aromatic rings. The van der Waals surface area contributed by atoms with E-state index in [-0.39, 0.29) is 5.60 Å². The molecule has 0 aliphatic carbocycles. The average Bonchev–Trinajstić information content (AvgIpc) is 2.05. The molecule has 0 saturated heterocycles. The van der Waals surface area contributed by atoms with E-state index >= 15 is 0 Å². The van der Waals surface area contributed by atoms with Crippen LogP contribution in [-0.2, 0) is 0 Å². The third-order valence-corrected chi connectivity index (χ3v) is 1.69. The molecule has 15 heavy (non-hydrogen) atoms. The number of hydrogen-bond donors (Lipinski definition) is 2. The highest BCUT2D eigenvalue weighted by Gasteiger charge is 2.17. The van der Waals surface area contributed by atoms with Gasteiger partial charge >= 0.3 is 0 Å². The van der Waals surface area contributed by atoms with Crippen LogP contribution in [0.3, 0.4) is 0 Å². The van der Waals surface area contributed by atoms with Crippen molar-refractivity contribution >= 4 is 11.6 Å². The highest BCUT2D eigenvalue weighted by atomic mass is 16.5. The van der Waals surface area contributed by atoms with Crippen molar-refractivity contribution in [2.24, 2.45) is 5.73 Å². The largest absolute Gasteiger partial charge is 0.487 e. The molecule has 0 aliphatic rings.